The van der Waals surface area contributed by atoms with Gasteiger partial charge in [-0.2, -0.15) is 5.10 Å². The van der Waals surface area contributed by atoms with E-state index in [1.807, 2.05) is 0 Å². The maximum Gasteiger partial charge on any atom is 0.0766 e. The van der Waals surface area contributed by atoms with E-state index in [-0.39, 0.29) is 0 Å². The molecule has 120 valence electrons. The van der Waals surface area contributed by atoms with Gasteiger partial charge in [0.2, 0.25) is 0 Å². The van der Waals surface area contributed by atoms with Crippen molar-refractivity contribution in [2.75, 3.05) is 6.54 Å². The van der Waals surface area contributed by atoms with Crippen LogP contribution >= 0.6 is 15.9 Å². The van der Waals surface area contributed by atoms with Crippen LogP contribution in [0.1, 0.15) is 58.3 Å². The Kier molecular flexibility index (Phi) is 6.30. The van der Waals surface area contributed by atoms with Gasteiger partial charge in [0.1, 0.15) is 0 Å². The summed E-state index contributed by atoms with van der Waals surface area (Å²) < 4.78 is 3.45. The Bertz CT molecular complexity index is 455. The van der Waals surface area contributed by atoms with Crippen LogP contribution in [0.15, 0.2) is 4.47 Å². The molecule has 1 aromatic rings. The first-order valence-corrected chi connectivity index (χ1v) is 9.38. The van der Waals surface area contributed by atoms with Gasteiger partial charge < -0.3 is 5.32 Å². The van der Waals surface area contributed by atoms with Crippen molar-refractivity contribution in [2.45, 2.75) is 72.4 Å². The number of nitrogens with one attached hydrogen (secondary N) is 1. The van der Waals surface area contributed by atoms with Crippen LogP contribution in [-0.4, -0.2) is 22.4 Å². The second kappa shape index (κ2) is 7.77. The summed E-state index contributed by atoms with van der Waals surface area (Å²) in [6, 6.07) is 0.706. The molecule has 4 heteroatoms. The number of hydrogen-bond donors (Lipinski definition) is 1. The van der Waals surface area contributed by atoms with Crippen LogP contribution in [0.5, 0.6) is 0 Å². The Balaban J connectivity index is 2.07. The Morgan fingerprint density at radius 1 is 1.29 bits per heavy atom. The van der Waals surface area contributed by atoms with Crippen LogP contribution in [-0.2, 0) is 19.4 Å². The van der Waals surface area contributed by atoms with Crippen molar-refractivity contribution < 1.29 is 0 Å². The molecule has 0 aromatic carbocycles. The van der Waals surface area contributed by atoms with Gasteiger partial charge in [0.15, 0.2) is 0 Å². The summed E-state index contributed by atoms with van der Waals surface area (Å²) >= 11 is 3.79. The third-order valence-corrected chi connectivity index (χ3v) is 5.95. The minimum Gasteiger partial charge on any atom is -0.314 e. The smallest absolute Gasteiger partial charge is 0.0766 e. The van der Waals surface area contributed by atoms with Gasteiger partial charge in [0, 0.05) is 12.6 Å². The normalized spacial score (nSPS) is 25.7. The van der Waals surface area contributed by atoms with Crippen molar-refractivity contribution in [3.05, 3.63) is 15.9 Å². The number of rotatable bonds is 7. The number of aromatic nitrogens is 2. The Hall–Kier alpha value is -0.350. The van der Waals surface area contributed by atoms with E-state index >= 15 is 0 Å². The van der Waals surface area contributed by atoms with E-state index in [2.05, 4.69) is 53.6 Å². The number of aryl methyl sites for hydroxylation is 2. The fraction of sp³-hybridized carbons (Fsp3) is 0.824. The molecule has 1 aliphatic rings. The Morgan fingerprint density at radius 2 is 2.05 bits per heavy atom. The van der Waals surface area contributed by atoms with Crippen LogP contribution in [0.2, 0.25) is 0 Å². The lowest BCUT2D eigenvalue weighted by atomic mass is 9.91. The molecular weight excluding hydrogens is 326 g/mol. The summed E-state index contributed by atoms with van der Waals surface area (Å²) in [5.74, 6) is 1.54. The second-order valence-electron chi connectivity index (χ2n) is 6.34. The van der Waals surface area contributed by atoms with Gasteiger partial charge in [-0.3, -0.25) is 4.68 Å². The van der Waals surface area contributed by atoms with E-state index in [0.29, 0.717) is 6.04 Å². The summed E-state index contributed by atoms with van der Waals surface area (Å²) in [5, 5.41) is 8.46. The molecule has 1 saturated carbocycles. The summed E-state index contributed by atoms with van der Waals surface area (Å²) in [6.07, 6.45) is 6.05. The van der Waals surface area contributed by atoms with Gasteiger partial charge in [0.05, 0.1) is 15.9 Å². The van der Waals surface area contributed by atoms with Crippen molar-refractivity contribution in [3.8, 4) is 0 Å². The molecule has 2 rings (SSSR count). The third-order valence-electron chi connectivity index (χ3n) is 5.03. The maximum absolute atomic E-state index is 4.74. The fourth-order valence-corrected chi connectivity index (χ4v) is 4.34. The van der Waals surface area contributed by atoms with Crippen LogP contribution < -0.4 is 5.32 Å². The summed E-state index contributed by atoms with van der Waals surface area (Å²) in [7, 11) is 0. The second-order valence-corrected chi connectivity index (χ2v) is 7.13. The zero-order chi connectivity index (χ0) is 15.4. The predicted molar refractivity (Wildman–Crippen MR) is 92.7 cm³/mol. The number of halogens is 1. The van der Waals surface area contributed by atoms with Crippen LogP contribution in [0.3, 0.4) is 0 Å². The highest BCUT2D eigenvalue weighted by atomic mass is 79.9. The van der Waals surface area contributed by atoms with Crippen molar-refractivity contribution in [1.29, 1.82) is 0 Å². The quantitative estimate of drug-likeness (QED) is 0.794. The zero-order valence-electron chi connectivity index (χ0n) is 14.0. The van der Waals surface area contributed by atoms with E-state index in [0.717, 1.165) is 37.8 Å². The topological polar surface area (TPSA) is 29.9 Å². The van der Waals surface area contributed by atoms with E-state index in [9.17, 15) is 0 Å². The third kappa shape index (κ3) is 3.70. The highest BCUT2D eigenvalue weighted by molar-refractivity contribution is 9.10. The zero-order valence-corrected chi connectivity index (χ0v) is 15.5. The SMILES string of the molecule is CCCNC1CCC(Cc2c(Br)c(CC)nn2CC)C1C. The molecule has 0 spiro atoms. The lowest BCUT2D eigenvalue weighted by molar-refractivity contribution is 0.345. The lowest BCUT2D eigenvalue weighted by Crippen LogP contribution is -2.33. The number of nitrogens with zero attached hydrogens (tertiary/aromatic N) is 2. The van der Waals surface area contributed by atoms with E-state index < -0.39 is 0 Å². The molecule has 3 nitrogen and oxygen atoms in total. The molecule has 1 aromatic heterocycles. The molecule has 3 atom stereocenters. The summed E-state index contributed by atoms with van der Waals surface area (Å²) in [4.78, 5) is 0. The maximum atomic E-state index is 4.74. The molecule has 3 unspecified atom stereocenters. The molecule has 1 heterocycles. The highest BCUT2D eigenvalue weighted by Gasteiger charge is 2.33. The fourth-order valence-electron chi connectivity index (χ4n) is 3.61. The molecule has 21 heavy (non-hydrogen) atoms. The summed E-state index contributed by atoms with van der Waals surface area (Å²) in [5.41, 5.74) is 2.61. The van der Waals surface area contributed by atoms with Gasteiger partial charge in [-0.15, -0.1) is 0 Å². The molecule has 0 amide bonds. The van der Waals surface area contributed by atoms with Gasteiger partial charge in [0.25, 0.3) is 0 Å². The molecule has 0 saturated heterocycles. The Morgan fingerprint density at radius 3 is 2.67 bits per heavy atom. The van der Waals surface area contributed by atoms with Crippen molar-refractivity contribution in [3.63, 3.8) is 0 Å². The minimum atomic E-state index is 0.706. The molecule has 0 aliphatic heterocycles. The molecule has 1 fully saturated rings. The van der Waals surface area contributed by atoms with E-state index in [1.165, 1.54) is 35.1 Å². The van der Waals surface area contributed by atoms with Crippen LogP contribution in [0.4, 0.5) is 0 Å². The van der Waals surface area contributed by atoms with E-state index in [1.54, 1.807) is 0 Å². The average Bonchev–Trinajstić information content (AvgIpc) is 2.99. The first-order chi connectivity index (χ1) is 10.1. The molecule has 1 N–H and O–H groups in total. The van der Waals surface area contributed by atoms with Crippen LogP contribution in [0, 0.1) is 11.8 Å². The van der Waals surface area contributed by atoms with E-state index in [4.69, 9.17) is 5.10 Å². The summed E-state index contributed by atoms with van der Waals surface area (Å²) in [6.45, 7) is 11.1. The minimum absolute atomic E-state index is 0.706. The molecule has 0 radical (unpaired) electrons. The van der Waals surface area contributed by atoms with Gasteiger partial charge in [-0.1, -0.05) is 20.8 Å². The monoisotopic (exact) mass is 355 g/mol. The van der Waals surface area contributed by atoms with Crippen molar-refractivity contribution >= 4 is 15.9 Å². The predicted octanol–water partition coefficient (Wildman–Crippen LogP) is 4.18. The standard InChI is InChI=1S/C17H30BrN3/c1-5-10-19-15-9-8-13(12(15)4)11-16-17(18)14(6-2)20-21(16)7-3/h12-13,15,19H,5-11H2,1-4H3. The first-order valence-electron chi connectivity index (χ1n) is 8.59. The van der Waals surface area contributed by atoms with Gasteiger partial charge >= 0.3 is 0 Å². The molecule has 1 aliphatic carbocycles. The molecular formula is C17H30BrN3. The first kappa shape index (κ1) is 17.0. The van der Waals surface area contributed by atoms with Crippen molar-refractivity contribution in [2.24, 2.45) is 11.8 Å². The van der Waals surface area contributed by atoms with Gasteiger partial charge in [-0.25, -0.2) is 0 Å². The highest BCUT2D eigenvalue weighted by Crippen LogP contribution is 2.36. The lowest BCUT2D eigenvalue weighted by Gasteiger charge is -2.22. The molecule has 0 bridgehead atoms. The van der Waals surface area contributed by atoms with Crippen molar-refractivity contribution in [1.82, 2.24) is 15.1 Å². The average molecular weight is 356 g/mol. The Labute approximate surface area is 138 Å². The van der Waals surface area contributed by atoms with Gasteiger partial charge in [-0.05, 0) is 73.3 Å². The number of hydrogen-bond acceptors (Lipinski definition) is 2. The largest absolute Gasteiger partial charge is 0.314 e. The van der Waals surface area contributed by atoms with Crippen LogP contribution in [0.25, 0.3) is 0 Å².